The van der Waals surface area contributed by atoms with Crippen molar-refractivity contribution in [2.24, 2.45) is 0 Å². The molecule has 0 bridgehead atoms. The second-order valence-corrected chi connectivity index (χ2v) is 5.22. The van der Waals surface area contributed by atoms with Crippen molar-refractivity contribution in [3.05, 3.63) is 53.1 Å². The molecule has 1 aromatic carbocycles. The molecule has 0 saturated carbocycles. The van der Waals surface area contributed by atoms with E-state index in [1.54, 1.807) is 6.07 Å². The number of benzene rings is 1. The molecule has 0 radical (unpaired) electrons. The smallest absolute Gasteiger partial charge is 0.351 e. The number of aromatic nitrogens is 2. The SMILES string of the molecule is O=c1nc(Nc2ccccc2)ccn1[C@H]1O[C@@H](CO)[C@@H](O)[C@@H]1O. The summed E-state index contributed by atoms with van der Waals surface area (Å²) in [4.78, 5) is 16.0. The molecule has 8 nitrogen and oxygen atoms in total. The Labute approximate surface area is 131 Å². The molecule has 0 aliphatic carbocycles. The molecule has 4 atom stereocenters. The summed E-state index contributed by atoms with van der Waals surface area (Å²) < 4.78 is 6.40. The Kier molecular flexibility index (Phi) is 4.39. The maximum atomic E-state index is 12.1. The molecule has 2 heterocycles. The molecular weight excluding hydrogens is 302 g/mol. The van der Waals surface area contributed by atoms with Gasteiger partial charge >= 0.3 is 5.69 Å². The van der Waals surface area contributed by atoms with Crippen LogP contribution in [0.4, 0.5) is 11.5 Å². The number of aliphatic hydroxyl groups is 3. The quantitative estimate of drug-likeness (QED) is 0.606. The Bertz CT molecular complexity index is 721. The van der Waals surface area contributed by atoms with Gasteiger partial charge in [0, 0.05) is 11.9 Å². The minimum absolute atomic E-state index is 0.351. The van der Waals surface area contributed by atoms with Gasteiger partial charge in [0.1, 0.15) is 24.1 Å². The normalized spacial score (nSPS) is 27.1. The van der Waals surface area contributed by atoms with Crippen LogP contribution in [0.1, 0.15) is 6.23 Å². The van der Waals surface area contributed by atoms with E-state index in [9.17, 15) is 15.0 Å². The standard InChI is InChI=1S/C15H17N3O5/c19-8-10-12(20)13(21)14(23-10)18-7-6-11(17-15(18)22)16-9-4-2-1-3-5-9/h1-7,10,12-14,19-21H,8H2,(H,16,17,22)/t10-,12+,13-,14-/m0/s1. The number of anilines is 2. The van der Waals surface area contributed by atoms with Gasteiger partial charge < -0.3 is 25.4 Å². The summed E-state index contributed by atoms with van der Waals surface area (Å²) >= 11 is 0. The monoisotopic (exact) mass is 319 g/mol. The molecule has 2 aromatic rings. The number of aliphatic hydroxyl groups excluding tert-OH is 3. The van der Waals surface area contributed by atoms with Gasteiger partial charge in [-0.2, -0.15) is 4.98 Å². The van der Waals surface area contributed by atoms with Gasteiger partial charge in [0.25, 0.3) is 0 Å². The topological polar surface area (TPSA) is 117 Å². The summed E-state index contributed by atoms with van der Waals surface area (Å²) in [5.74, 6) is 0.351. The number of nitrogens with zero attached hydrogens (tertiary/aromatic N) is 2. The van der Waals surface area contributed by atoms with Crippen LogP contribution in [-0.4, -0.2) is 49.8 Å². The first kappa shape index (κ1) is 15.6. The van der Waals surface area contributed by atoms with Crippen LogP contribution >= 0.6 is 0 Å². The molecule has 4 N–H and O–H groups in total. The lowest BCUT2D eigenvalue weighted by Crippen LogP contribution is -2.36. The molecule has 1 aliphatic rings. The Morgan fingerprint density at radius 1 is 1.17 bits per heavy atom. The van der Waals surface area contributed by atoms with Crippen molar-refractivity contribution in [1.82, 2.24) is 9.55 Å². The van der Waals surface area contributed by atoms with Crippen LogP contribution in [-0.2, 0) is 4.74 Å². The van der Waals surface area contributed by atoms with Crippen LogP contribution in [0, 0.1) is 0 Å². The van der Waals surface area contributed by atoms with Crippen molar-refractivity contribution in [1.29, 1.82) is 0 Å². The summed E-state index contributed by atoms with van der Waals surface area (Å²) in [6, 6.07) is 10.8. The molecule has 3 rings (SSSR count). The minimum atomic E-state index is -1.32. The Morgan fingerprint density at radius 3 is 2.52 bits per heavy atom. The molecule has 122 valence electrons. The highest BCUT2D eigenvalue weighted by Crippen LogP contribution is 2.28. The molecule has 8 heteroatoms. The summed E-state index contributed by atoms with van der Waals surface area (Å²) in [5, 5.41) is 31.8. The zero-order valence-corrected chi connectivity index (χ0v) is 12.1. The zero-order chi connectivity index (χ0) is 16.4. The van der Waals surface area contributed by atoms with Crippen LogP contribution in [0.3, 0.4) is 0 Å². The minimum Gasteiger partial charge on any atom is -0.394 e. The van der Waals surface area contributed by atoms with E-state index in [0.717, 1.165) is 10.3 Å². The predicted octanol–water partition coefficient (Wildman–Crippen LogP) is -0.402. The molecule has 1 aromatic heterocycles. The predicted molar refractivity (Wildman–Crippen MR) is 81.2 cm³/mol. The number of para-hydroxylation sites is 1. The number of nitrogens with one attached hydrogen (secondary N) is 1. The van der Waals surface area contributed by atoms with Gasteiger partial charge in [-0.15, -0.1) is 0 Å². The first-order valence-electron chi connectivity index (χ1n) is 7.14. The average molecular weight is 319 g/mol. The molecule has 1 saturated heterocycles. The number of hydrogen-bond acceptors (Lipinski definition) is 7. The van der Waals surface area contributed by atoms with E-state index in [0.29, 0.717) is 5.82 Å². The van der Waals surface area contributed by atoms with Crippen molar-refractivity contribution in [2.45, 2.75) is 24.5 Å². The molecular formula is C15H17N3O5. The fourth-order valence-electron chi connectivity index (χ4n) is 2.46. The van der Waals surface area contributed by atoms with E-state index in [-0.39, 0.29) is 0 Å². The Hall–Kier alpha value is -2.26. The largest absolute Gasteiger partial charge is 0.394 e. The maximum absolute atomic E-state index is 12.1. The molecule has 0 amide bonds. The summed E-state index contributed by atoms with van der Waals surface area (Å²) in [6.45, 7) is -0.454. The summed E-state index contributed by atoms with van der Waals surface area (Å²) in [7, 11) is 0. The summed E-state index contributed by atoms with van der Waals surface area (Å²) in [6.07, 6.45) is -3.20. The summed E-state index contributed by atoms with van der Waals surface area (Å²) in [5.41, 5.74) is 0.144. The first-order valence-corrected chi connectivity index (χ1v) is 7.14. The molecule has 23 heavy (non-hydrogen) atoms. The molecule has 1 fully saturated rings. The fourth-order valence-corrected chi connectivity index (χ4v) is 2.46. The van der Waals surface area contributed by atoms with Crippen molar-refractivity contribution < 1.29 is 20.1 Å². The maximum Gasteiger partial charge on any atom is 0.351 e. The zero-order valence-electron chi connectivity index (χ0n) is 12.1. The van der Waals surface area contributed by atoms with Gasteiger partial charge in [-0.1, -0.05) is 18.2 Å². The fraction of sp³-hybridized carbons (Fsp3) is 0.333. The highest BCUT2D eigenvalue weighted by molar-refractivity contribution is 5.54. The van der Waals surface area contributed by atoms with Gasteiger partial charge in [0.2, 0.25) is 0 Å². The first-order chi connectivity index (χ1) is 11.1. The average Bonchev–Trinajstić information content (AvgIpc) is 2.84. The van der Waals surface area contributed by atoms with Crippen molar-refractivity contribution in [3.8, 4) is 0 Å². The van der Waals surface area contributed by atoms with E-state index in [1.165, 1.54) is 6.20 Å². The lowest BCUT2D eigenvalue weighted by atomic mass is 10.1. The van der Waals surface area contributed by atoms with Crippen molar-refractivity contribution in [3.63, 3.8) is 0 Å². The lowest BCUT2D eigenvalue weighted by Gasteiger charge is -2.17. The van der Waals surface area contributed by atoms with Gasteiger partial charge in [0.05, 0.1) is 6.61 Å². The van der Waals surface area contributed by atoms with Crippen molar-refractivity contribution >= 4 is 11.5 Å². The van der Waals surface area contributed by atoms with Gasteiger partial charge in [-0.05, 0) is 18.2 Å². The van der Waals surface area contributed by atoms with E-state index < -0.39 is 36.8 Å². The van der Waals surface area contributed by atoms with Crippen LogP contribution in [0.15, 0.2) is 47.4 Å². The van der Waals surface area contributed by atoms with Crippen LogP contribution in [0.25, 0.3) is 0 Å². The van der Waals surface area contributed by atoms with E-state index in [1.807, 2.05) is 30.3 Å². The lowest BCUT2D eigenvalue weighted by molar-refractivity contribution is -0.0549. The van der Waals surface area contributed by atoms with E-state index in [2.05, 4.69) is 10.3 Å². The molecule has 0 spiro atoms. The van der Waals surface area contributed by atoms with Gasteiger partial charge in [0.15, 0.2) is 6.23 Å². The Balaban J connectivity index is 1.82. The van der Waals surface area contributed by atoms with Gasteiger partial charge in [-0.25, -0.2) is 4.79 Å². The molecule has 0 unspecified atom stereocenters. The molecule has 1 aliphatic heterocycles. The number of rotatable bonds is 4. The highest BCUT2D eigenvalue weighted by Gasteiger charge is 2.43. The van der Waals surface area contributed by atoms with Gasteiger partial charge in [-0.3, -0.25) is 4.57 Å². The van der Waals surface area contributed by atoms with E-state index in [4.69, 9.17) is 9.84 Å². The Morgan fingerprint density at radius 2 is 1.91 bits per heavy atom. The van der Waals surface area contributed by atoms with E-state index >= 15 is 0 Å². The number of ether oxygens (including phenoxy) is 1. The van der Waals surface area contributed by atoms with Crippen LogP contribution in [0.5, 0.6) is 0 Å². The van der Waals surface area contributed by atoms with Crippen LogP contribution in [0.2, 0.25) is 0 Å². The van der Waals surface area contributed by atoms with Crippen LogP contribution < -0.4 is 11.0 Å². The third-order valence-electron chi connectivity index (χ3n) is 3.67. The third kappa shape index (κ3) is 3.10. The number of hydrogen-bond donors (Lipinski definition) is 4. The second kappa shape index (κ2) is 6.47. The second-order valence-electron chi connectivity index (χ2n) is 5.22. The van der Waals surface area contributed by atoms with Crippen molar-refractivity contribution in [2.75, 3.05) is 11.9 Å². The third-order valence-corrected chi connectivity index (χ3v) is 3.67. The highest BCUT2D eigenvalue weighted by atomic mass is 16.6.